The van der Waals surface area contributed by atoms with E-state index >= 15 is 0 Å². The van der Waals surface area contributed by atoms with Gasteiger partial charge in [-0.3, -0.25) is 0 Å². The monoisotopic (exact) mass is 236 g/mol. The van der Waals surface area contributed by atoms with Crippen LogP contribution in [0.3, 0.4) is 0 Å². The second-order valence-electron chi connectivity index (χ2n) is 9.04. The van der Waals surface area contributed by atoms with E-state index in [4.69, 9.17) is 0 Å². The Hall–Kier alpha value is 0. The van der Waals surface area contributed by atoms with Crippen LogP contribution in [0.15, 0.2) is 0 Å². The zero-order valence-corrected chi connectivity index (χ0v) is 12.8. The van der Waals surface area contributed by atoms with Crippen LogP contribution in [-0.2, 0) is 0 Å². The first kappa shape index (κ1) is 13.4. The molecule has 0 heteroatoms. The van der Waals surface area contributed by atoms with Gasteiger partial charge in [0.15, 0.2) is 0 Å². The third-order valence-corrected chi connectivity index (χ3v) is 5.59. The second kappa shape index (κ2) is 4.28. The predicted octanol–water partition coefficient (Wildman–Crippen LogP) is 5.52. The van der Waals surface area contributed by atoms with Crippen molar-refractivity contribution in [3.8, 4) is 0 Å². The second-order valence-corrected chi connectivity index (χ2v) is 9.04. The molecule has 0 aromatic carbocycles. The maximum atomic E-state index is 2.41. The normalized spacial score (nSPS) is 38.5. The van der Waals surface area contributed by atoms with Gasteiger partial charge in [0, 0.05) is 0 Å². The summed E-state index contributed by atoms with van der Waals surface area (Å²) in [6, 6.07) is 0. The Balaban J connectivity index is 1.64. The van der Waals surface area contributed by atoms with Gasteiger partial charge in [0.1, 0.15) is 0 Å². The molecule has 17 heavy (non-hydrogen) atoms. The van der Waals surface area contributed by atoms with Crippen LogP contribution in [0.4, 0.5) is 0 Å². The van der Waals surface area contributed by atoms with Crippen LogP contribution < -0.4 is 0 Å². The Morgan fingerprint density at radius 2 is 0.941 bits per heavy atom. The van der Waals surface area contributed by atoms with E-state index in [1.807, 2.05) is 0 Å². The van der Waals surface area contributed by atoms with Crippen molar-refractivity contribution in [2.75, 3.05) is 0 Å². The lowest BCUT2D eigenvalue weighted by Crippen LogP contribution is -2.39. The largest absolute Gasteiger partial charge is 0.0599 e. The Bertz CT molecular complexity index is 223. The van der Waals surface area contributed by atoms with Crippen LogP contribution >= 0.6 is 0 Å². The highest BCUT2D eigenvalue weighted by Crippen LogP contribution is 2.52. The molecule has 0 radical (unpaired) electrons. The van der Waals surface area contributed by atoms with Crippen molar-refractivity contribution >= 4 is 0 Å². The van der Waals surface area contributed by atoms with Crippen LogP contribution in [0.2, 0.25) is 0 Å². The van der Waals surface area contributed by atoms with E-state index in [1.54, 1.807) is 6.42 Å². The van der Waals surface area contributed by atoms with Crippen molar-refractivity contribution in [3.63, 3.8) is 0 Å². The number of hydrogen-bond acceptors (Lipinski definition) is 0. The molecule has 0 spiro atoms. The quantitative estimate of drug-likeness (QED) is 0.592. The van der Waals surface area contributed by atoms with Gasteiger partial charge in [-0.2, -0.15) is 0 Å². The fraction of sp³-hybridized carbons (Fsp3) is 1.00. The SMILES string of the molecule is CC(C)(C)C1CC(CC2CC(C(C)(C)C)C2)C1. The molecule has 0 aromatic rings. The summed E-state index contributed by atoms with van der Waals surface area (Å²) in [4.78, 5) is 0. The van der Waals surface area contributed by atoms with Crippen LogP contribution in [0.25, 0.3) is 0 Å². The first-order valence-electron chi connectivity index (χ1n) is 7.66. The van der Waals surface area contributed by atoms with Crippen molar-refractivity contribution in [2.45, 2.75) is 73.6 Å². The average molecular weight is 236 g/mol. The van der Waals surface area contributed by atoms with Crippen molar-refractivity contribution in [1.82, 2.24) is 0 Å². The molecule has 0 N–H and O–H groups in total. The zero-order valence-electron chi connectivity index (χ0n) is 12.8. The molecule has 100 valence electrons. The lowest BCUT2D eigenvalue weighted by Gasteiger charge is -2.49. The summed E-state index contributed by atoms with van der Waals surface area (Å²) >= 11 is 0. The molecular formula is C17H32. The van der Waals surface area contributed by atoms with Gasteiger partial charge in [0.2, 0.25) is 0 Å². The smallest absolute Gasteiger partial charge is 0.0354 e. The lowest BCUT2D eigenvalue weighted by molar-refractivity contribution is 0.0147. The Kier molecular flexibility index (Phi) is 3.38. The number of hydrogen-bond donors (Lipinski definition) is 0. The molecule has 0 atom stereocenters. The lowest BCUT2D eigenvalue weighted by atomic mass is 9.56. The van der Waals surface area contributed by atoms with Gasteiger partial charge in [-0.25, -0.2) is 0 Å². The Morgan fingerprint density at radius 3 is 1.18 bits per heavy atom. The van der Waals surface area contributed by atoms with E-state index in [9.17, 15) is 0 Å². The minimum atomic E-state index is 0.560. The third kappa shape index (κ3) is 3.06. The first-order valence-corrected chi connectivity index (χ1v) is 7.66. The third-order valence-electron chi connectivity index (χ3n) is 5.59. The molecule has 0 aliphatic heterocycles. The molecule has 0 unspecified atom stereocenters. The van der Waals surface area contributed by atoms with Gasteiger partial charge in [0.25, 0.3) is 0 Å². The molecule has 2 rings (SSSR count). The van der Waals surface area contributed by atoms with Crippen LogP contribution in [0.5, 0.6) is 0 Å². The van der Waals surface area contributed by atoms with Crippen LogP contribution in [0, 0.1) is 34.5 Å². The molecule has 2 aliphatic carbocycles. The molecule has 0 aromatic heterocycles. The summed E-state index contributed by atoms with van der Waals surface area (Å²) in [5.41, 5.74) is 1.12. The standard InChI is InChI=1S/C17H32/c1-16(2,3)14-8-12(9-14)7-13-10-15(11-13)17(4,5)6/h12-15H,7-11H2,1-6H3. The predicted molar refractivity (Wildman–Crippen MR) is 76.0 cm³/mol. The topological polar surface area (TPSA) is 0 Å². The molecule has 0 bridgehead atoms. The van der Waals surface area contributed by atoms with E-state index in [1.165, 1.54) is 25.7 Å². The van der Waals surface area contributed by atoms with Crippen LogP contribution in [0.1, 0.15) is 73.6 Å². The van der Waals surface area contributed by atoms with E-state index in [0.717, 1.165) is 23.7 Å². The molecule has 0 nitrogen and oxygen atoms in total. The van der Waals surface area contributed by atoms with Gasteiger partial charge in [-0.05, 0) is 66.6 Å². The molecule has 0 heterocycles. The van der Waals surface area contributed by atoms with E-state index in [0.29, 0.717) is 10.8 Å². The summed E-state index contributed by atoms with van der Waals surface area (Å²) in [5, 5.41) is 0. The van der Waals surface area contributed by atoms with Crippen molar-refractivity contribution in [2.24, 2.45) is 34.5 Å². The van der Waals surface area contributed by atoms with Gasteiger partial charge in [0.05, 0.1) is 0 Å². The summed E-state index contributed by atoms with van der Waals surface area (Å²) < 4.78 is 0. The van der Waals surface area contributed by atoms with Crippen molar-refractivity contribution in [1.29, 1.82) is 0 Å². The highest BCUT2D eigenvalue weighted by molar-refractivity contribution is 4.92. The zero-order chi connectivity index (χ0) is 12.8. The summed E-state index contributed by atoms with van der Waals surface area (Å²) in [7, 11) is 0. The fourth-order valence-corrected chi connectivity index (χ4v) is 3.74. The van der Waals surface area contributed by atoms with Gasteiger partial charge < -0.3 is 0 Å². The van der Waals surface area contributed by atoms with Gasteiger partial charge in [-0.15, -0.1) is 0 Å². The Labute approximate surface area is 109 Å². The van der Waals surface area contributed by atoms with Crippen LogP contribution in [-0.4, -0.2) is 0 Å². The summed E-state index contributed by atoms with van der Waals surface area (Å²) in [6.45, 7) is 14.5. The summed E-state index contributed by atoms with van der Waals surface area (Å²) in [6.07, 6.45) is 7.60. The maximum Gasteiger partial charge on any atom is -0.0354 e. The van der Waals surface area contributed by atoms with Crippen molar-refractivity contribution < 1.29 is 0 Å². The number of rotatable bonds is 2. The minimum Gasteiger partial charge on any atom is -0.0599 e. The fourth-order valence-electron chi connectivity index (χ4n) is 3.74. The van der Waals surface area contributed by atoms with Gasteiger partial charge in [-0.1, -0.05) is 41.5 Å². The molecule has 2 fully saturated rings. The molecule has 0 amide bonds. The highest BCUT2D eigenvalue weighted by atomic mass is 14.5. The highest BCUT2D eigenvalue weighted by Gasteiger charge is 2.42. The average Bonchev–Trinajstić information content (AvgIpc) is 1.91. The molecular weight excluding hydrogens is 204 g/mol. The van der Waals surface area contributed by atoms with E-state index < -0.39 is 0 Å². The van der Waals surface area contributed by atoms with E-state index in [2.05, 4.69) is 41.5 Å². The first-order chi connectivity index (χ1) is 7.66. The minimum absolute atomic E-state index is 0.560. The Morgan fingerprint density at radius 1 is 0.647 bits per heavy atom. The maximum absolute atomic E-state index is 2.41. The van der Waals surface area contributed by atoms with Gasteiger partial charge >= 0.3 is 0 Å². The summed E-state index contributed by atoms with van der Waals surface area (Å²) in [5.74, 6) is 4.16. The molecule has 2 aliphatic rings. The van der Waals surface area contributed by atoms with E-state index in [-0.39, 0.29) is 0 Å². The molecule has 2 saturated carbocycles. The molecule has 0 saturated heterocycles. The van der Waals surface area contributed by atoms with Crippen molar-refractivity contribution in [3.05, 3.63) is 0 Å².